The van der Waals surface area contributed by atoms with Crippen LogP contribution in [0.25, 0.3) is 0 Å². The first-order valence-corrected chi connectivity index (χ1v) is 7.59. The summed E-state index contributed by atoms with van der Waals surface area (Å²) in [7, 11) is 0. The van der Waals surface area contributed by atoms with Gasteiger partial charge in [0.25, 0.3) is 11.8 Å². The Bertz CT molecular complexity index is 874. The van der Waals surface area contributed by atoms with Crippen LogP contribution in [0.5, 0.6) is 0 Å². The molecule has 0 unspecified atom stereocenters. The minimum absolute atomic E-state index is 0.262. The third kappa shape index (κ3) is 4.32. The molecule has 25 heavy (non-hydrogen) atoms. The van der Waals surface area contributed by atoms with Crippen molar-refractivity contribution in [1.82, 2.24) is 5.32 Å². The SMILES string of the molecule is O=C(NCc1ccco1)c1cccc(C(=O)Nc2ccc(F)cc2)c1. The molecule has 0 aliphatic carbocycles. The predicted octanol–water partition coefficient (Wildman–Crippen LogP) is 3.60. The molecule has 0 fully saturated rings. The Morgan fingerprint density at radius 3 is 2.32 bits per heavy atom. The Labute approximate surface area is 143 Å². The number of carbonyl (C=O) groups excluding carboxylic acids is 2. The number of furan rings is 1. The fourth-order valence-corrected chi connectivity index (χ4v) is 2.22. The second-order valence-corrected chi connectivity index (χ2v) is 5.30. The Hall–Kier alpha value is -3.41. The molecule has 0 saturated heterocycles. The van der Waals surface area contributed by atoms with Gasteiger partial charge in [-0.3, -0.25) is 9.59 Å². The van der Waals surface area contributed by atoms with Gasteiger partial charge in [0.2, 0.25) is 0 Å². The zero-order valence-electron chi connectivity index (χ0n) is 13.2. The summed E-state index contributed by atoms with van der Waals surface area (Å²) in [5.74, 6) is -0.438. The summed E-state index contributed by atoms with van der Waals surface area (Å²) in [6, 6.07) is 15.3. The van der Waals surface area contributed by atoms with E-state index in [9.17, 15) is 14.0 Å². The molecule has 6 heteroatoms. The summed E-state index contributed by atoms with van der Waals surface area (Å²) in [4.78, 5) is 24.5. The van der Waals surface area contributed by atoms with E-state index in [1.807, 2.05) is 0 Å². The van der Waals surface area contributed by atoms with Crippen molar-refractivity contribution in [1.29, 1.82) is 0 Å². The molecule has 0 bridgehead atoms. The second-order valence-electron chi connectivity index (χ2n) is 5.30. The first kappa shape index (κ1) is 16.4. The second kappa shape index (κ2) is 7.44. The molecule has 126 valence electrons. The summed E-state index contributed by atoms with van der Waals surface area (Å²) in [5, 5.41) is 5.37. The van der Waals surface area contributed by atoms with Crippen molar-refractivity contribution < 1.29 is 18.4 Å². The monoisotopic (exact) mass is 338 g/mol. The van der Waals surface area contributed by atoms with Crippen molar-refractivity contribution >= 4 is 17.5 Å². The topological polar surface area (TPSA) is 71.3 Å². The molecular weight excluding hydrogens is 323 g/mol. The van der Waals surface area contributed by atoms with Crippen LogP contribution in [0.2, 0.25) is 0 Å². The van der Waals surface area contributed by atoms with Gasteiger partial charge in [-0.05, 0) is 54.6 Å². The molecule has 0 radical (unpaired) electrons. The van der Waals surface area contributed by atoms with Gasteiger partial charge in [-0.25, -0.2) is 4.39 Å². The number of anilines is 1. The van der Waals surface area contributed by atoms with E-state index in [-0.39, 0.29) is 24.2 Å². The molecular formula is C19H15FN2O3. The lowest BCUT2D eigenvalue weighted by Gasteiger charge is -2.07. The maximum atomic E-state index is 12.9. The zero-order valence-corrected chi connectivity index (χ0v) is 13.2. The van der Waals surface area contributed by atoms with E-state index in [1.54, 1.807) is 30.3 Å². The van der Waals surface area contributed by atoms with Gasteiger partial charge in [0.1, 0.15) is 11.6 Å². The third-order valence-corrected chi connectivity index (χ3v) is 3.49. The van der Waals surface area contributed by atoms with Crippen molar-refractivity contribution in [2.75, 3.05) is 5.32 Å². The highest BCUT2D eigenvalue weighted by molar-refractivity contribution is 6.06. The molecule has 1 heterocycles. The maximum absolute atomic E-state index is 12.9. The molecule has 3 aromatic rings. The van der Waals surface area contributed by atoms with Gasteiger partial charge in [-0.1, -0.05) is 6.07 Å². The largest absolute Gasteiger partial charge is 0.467 e. The van der Waals surface area contributed by atoms with E-state index < -0.39 is 0 Å². The Morgan fingerprint density at radius 2 is 1.64 bits per heavy atom. The van der Waals surface area contributed by atoms with Crippen molar-refractivity contribution in [2.45, 2.75) is 6.54 Å². The summed E-state index contributed by atoms with van der Waals surface area (Å²) in [6.07, 6.45) is 1.53. The summed E-state index contributed by atoms with van der Waals surface area (Å²) >= 11 is 0. The van der Waals surface area contributed by atoms with Crippen molar-refractivity contribution in [2.24, 2.45) is 0 Å². The molecule has 0 aliphatic heterocycles. The van der Waals surface area contributed by atoms with Crippen molar-refractivity contribution in [3.8, 4) is 0 Å². The predicted molar refractivity (Wildman–Crippen MR) is 90.7 cm³/mol. The van der Waals surface area contributed by atoms with Crippen LogP contribution >= 0.6 is 0 Å². The molecule has 1 aromatic heterocycles. The first-order valence-electron chi connectivity index (χ1n) is 7.59. The van der Waals surface area contributed by atoms with Crippen LogP contribution < -0.4 is 10.6 Å². The van der Waals surface area contributed by atoms with Gasteiger partial charge in [0, 0.05) is 16.8 Å². The summed E-state index contributed by atoms with van der Waals surface area (Å²) < 4.78 is 18.1. The van der Waals surface area contributed by atoms with Crippen molar-refractivity contribution in [3.05, 3.63) is 89.6 Å². The van der Waals surface area contributed by atoms with Crippen LogP contribution in [0.1, 0.15) is 26.5 Å². The number of carbonyl (C=O) groups is 2. The van der Waals surface area contributed by atoms with Gasteiger partial charge < -0.3 is 15.1 Å². The number of rotatable bonds is 5. The van der Waals surface area contributed by atoms with Gasteiger partial charge in [-0.2, -0.15) is 0 Å². The number of hydrogen-bond donors (Lipinski definition) is 2. The highest BCUT2D eigenvalue weighted by Crippen LogP contribution is 2.12. The van der Waals surface area contributed by atoms with Crippen LogP contribution in [-0.2, 0) is 6.54 Å². The summed E-state index contributed by atoms with van der Waals surface area (Å²) in [6.45, 7) is 0.262. The highest BCUT2D eigenvalue weighted by Gasteiger charge is 2.11. The lowest BCUT2D eigenvalue weighted by molar-refractivity contribution is 0.0948. The molecule has 2 aromatic carbocycles. The number of nitrogens with one attached hydrogen (secondary N) is 2. The Morgan fingerprint density at radius 1 is 0.920 bits per heavy atom. The van der Waals surface area contributed by atoms with Crippen LogP contribution in [0.4, 0.5) is 10.1 Å². The average molecular weight is 338 g/mol. The van der Waals surface area contributed by atoms with Gasteiger partial charge >= 0.3 is 0 Å². The van der Waals surface area contributed by atoms with E-state index >= 15 is 0 Å². The molecule has 2 amide bonds. The number of benzene rings is 2. The molecule has 0 spiro atoms. The molecule has 0 aliphatic rings. The Kier molecular flexibility index (Phi) is 4.89. The quantitative estimate of drug-likeness (QED) is 0.747. The molecule has 0 atom stereocenters. The normalized spacial score (nSPS) is 10.3. The molecule has 2 N–H and O–H groups in total. The Balaban J connectivity index is 1.66. The number of amides is 2. The zero-order chi connectivity index (χ0) is 17.6. The molecule has 5 nitrogen and oxygen atoms in total. The van der Waals surface area contributed by atoms with Crippen molar-refractivity contribution in [3.63, 3.8) is 0 Å². The van der Waals surface area contributed by atoms with E-state index in [2.05, 4.69) is 10.6 Å². The highest BCUT2D eigenvalue weighted by atomic mass is 19.1. The average Bonchev–Trinajstić information content (AvgIpc) is 3.15. The summed E-state index contributed by atoms with van der Waals surface area (Å²) in [5.41, 5.74) is 1.16. The van der Waals surface area contributed by atoms with Gasteiger partial charge in [0.05, 0.1) is 12.8 Å². The third-order valence-electron chi connectivity index (χ3n) is 3.49. The van der Waals surface area contributed by atoms with Crippen LogP contribution in [0, 0.1) is 5.82 Å². The lowest BCUT2D eigenvalue weighted by Crippen LogP contribution is -2.23. The van der Waals surface area contributed by atoms with E-state index in [1.165, 1.54) is 36.6 Å². The number of halogens is 1. The first-order chi connectivity index (χ1) is 12.1. The fraction of sp³-hybridized carbons (Fsp3) is 0.0526. The minimum Gasteiger partial charge on any atom is -0.467 e. The fourth-order valence-electron chi connectivity index (χ4n) is 2.22. The van der Waals surface area contributed by atoms with E-state index in [0.29, 0.717) is 22.6 Å². The van der Waals surface area contributed by atoms with E-state index in [4.69, 9.17) is 4.42 Å². The van der Waals surface area contributed by atoms with Crippen LogP contribution in [0.15, 0.2) is 71.3 Å². The van der Waals surface area contributed by atoms with Gasteiger partial charge in [-0.15, -0.1) is 0 Å². The van der Waals surface area contributed by atoms with Crippen LogP contribution in [-0.4, -0.2) is 11.8 Å². The standard InChI is InChI=1S/C19H15FN2O3/c20-15-6-8-16(9-7-15)22-19(24)14-4-1-3-13(11-14)18(23)21-12-17-5-2-10-25-17/h1-11H,12H2,(H,21,23)(H,22,24). The molecule has 3 rings (SSSR count). The minimum atomic E-state index is -0.382. The molecule has 0 saturated carbocycles. The smallest absolute Gasteiger partial charge is 0.255 e. The van der Waals surface area contributed by atoms with Gasteiger partial charge in [0.15, 0.2) is 0 Å². The van der Waals surface area contributed by atoms with E-state index in [0.717, 1.165) is 0 Å². The van der Waals surface area contributed by atoms with Crippen LogP contribution in [0.3, 0.4) is 0 Å². The maximum Gasteiger partial charge on any atom is 0.255 e. The lowest BCUT2D eigenvalue weighted by atomic mass is 10.1. The number of hydrogen-bond acceptors (Lipinski definition) is 3.